The topological polar surface area (TPSA) is 27.3 Å². The van der Waals surface area contributed by atoms with Gasteiger partial charge >= 0.3 is 0 Å². The summed E-state index contributed by atoms with van der Waals surface area (Å²) in [6.45, 7) is 5.74. The van der Waals surface area contributed by atoms with Gasteiger partial charge in [-0.1, -0.05) is 37.3 Å². The van der Waals surface area contributed by atoms with Crippen LogP contribution in [0, 0.1) is 11.7 Å². The highest BCUT2D eigenvalue weighted by molar-refractivity contribution is 5.41. The minimum atomic E-state index is -0.104. The van der Waals surface area contributed by atoms with Crippen LogP contribution in [0.2, 0.25) is 0 Å². The molecule has 1 fully saturated rings. The first-order valence-corrected chi connectivity index (χ1v) is 8.74. The number of hydrogen-bond acceptors (Lipinski definition) is 3. The summed E-state index contributed by atoms with van der Waals surface area (Å²) in [4.78, 5) is 2.35. The molecule has 0 radical (unpaired) electrons. The van der Waals surface area contributed by atoms with Gasteiger partial charge in [0.15, 0.2) is 0 Å². The Morgan fingerprint density at radius 1 is 1.08 bits per heavy atom. The van der Waals surface area contributed by atoms with Crippen LogP contribution in [0.3, 0.4) is 0 Å². The molecule has 1 heterocycles. The van der Waals surface area contributed by atoms with E-state index in [0.717, 1.165) is 35.8 Å². The molecule has 24 heavy (non-hydrogen) atoms. The number of nitrogens with one attached hydrogen (secondary N) is 2. The van der Waals surface area contributed by atoms with Crippen molar-refractivity contribution in [2.24, 2.45) is 5.92 Å². The van der Waals surface area contributed by atoms with Gasteiger partial charge in [-0.2, -0.15) is 0 Å². The molecule has 4 heteroatoms. The van der Waals surface area contributed by atoms with E-state index in [-0.39, 0.29) is 5.82 Å². The van der Waals surface area contributed by atoms with Gasteiger partial charge in [-0.05, 0) is 55.6 Å². The number of piperidine rings is 1. The van der Waals surface area contributed by atoms with Gasteiger partial charge in [-0.15, -0.1) is 0 Å². The van der Waals surface area contributed by atoms with Crippen molar-refractivity contribution in [1.29, 1.82) is 0 Å². The lowest BCUT2D eigenvalue weighted by molar-refractivity contribution is 0.183. The number of rotatable bonds is 6. The van der Waals surface area contributed by atoms with E-state index in [1.807, 2.05) is 42.5 Å². The van der Waals surface area contributed by atoms with Crippen LogP contribution in [0.15, 0.2) is 48.5 Å². The zero-order chi connectivity index (χ0) is 16.8. The highest BCUT2D eigenvalue weighted by atomic mass is 19.1. The first-order valence-electron chi connectivity index (χ1n) is 8.74. The highest BCUT2D eigenvalue weighted by Crippen LogP contribution is 2.20. The molecule has 0 aromatic heterocycles. The fourth-order valence-corrected chi connectivity index (χ4v) is 3.06. The molecule has 0 bridgehead atoms. The Morgan fingerprint density at radius 3 is 2.54 bits per heavy atom. The third-order valence-corrected chi connectivity index (χ3v) is 4.69. The Kier molecular flexibility index (Phi) is 5.83. The standard InChI is InChI=1S/C20H26FN3/c1-16-9-11-24(12-10-16)15-18-8-7-17(13-20(18)21)14-22-23-19-5-3-2-4-6-19/h2-8,13,16,22-23H,9-12,14-15H2,1H3. The van der Waals surface area contributed by atoms with Crippen molar-refractivity contribution < 1.29 is 4.39 Å². The number of hydrogen-bond donors (Lipinski definition) is 2. The van der Waals surface area contributed by atoms with E-state index < -0.39 is 0 Å². The van der Waals surface area contributed by atoms with Crippen molar-refractivity contribution in [2.75, 3.05) is 18.5 Å². The predicted octanol–water partition coefficient (Wildman–Crippen LogP) is 4.17. The molecule has 2 N–H and O–H groups in total. The number of para-hydroxylation sites is 1. The number of likely N-dealkylation sites (tertiary alicyclic amines) is 1. The number of anilines is 1. The molecule has 3 nitrogen and oxygen atoms in total. The maximum absolute atomic E-state index is 14.4. The van der Waals surface area contributed by atoms with Crippen LogP contribution in [0.1, 0.15) is 30.9 Å². The molecule has 2 aromatic rings. The van der Waals surface area contributed by atoms with E-state index in [4.69, 9.17) is 0 Å². The molecule has 2 aromatic carbocycles. The van der Waals surface area contributed by atoms with Crippen LogP contribution in [0.4, 0.5) is 10.1 Å². The number of hydrazine groups is 1. The van der Waals surface area contributed by atoms with E-state index in [2.05, 4.69) is 22.7 Å². The Morgan fingerprint density at radius 2 is 1.83 bits per heavy atom. The van der Waals surface area contributed by atoms with Gasteiger partial charge in [0.1, 0.15) is 5.82 Å². The van der Waals surface area contributed by atoms with Gasteiger partial charge in [0.2, 0.25) is 0 Å². The van der Waals surface area contributed by atoms with Crippen LogP contribution in [-0.2, 0) is 13.1 Å². The molecule has 0 amide bonds. The van der Waals surface area contributed by atoms with E-state index in [1.54, 1.807) is 6.07 Å². The smallest absolute Gasteiger partial charge is 0.128 e. The molecule has 1 aliphatic heterocycles. The fourth-order valence-electron chi connectivity index (χ4n) is 3.06. The SMILES string of the molecule is CC1CCN(Cc2ccc(CNNc3ccccc3)cc2F)CC1. The summed E-state index contributed by atoms with van der Waals surface area (Å²) in [5.41, 5.74) is 8.97. The zero-order valence-corrected chi connectivity index (χ0v) is 14.3. The van der Waals surface area contributed by atoms with Crippen molar-refractivity contribution in [2.45, 2.75) is 32.9 Å². The second-order valence-corrected chi connectivity index (χ2v) is 6.73. The molecule has 128 valence electrons. The largest absolute Gasteiger partial charge is 0.321 e. The second kappa shape index (κ2) is 8.27. The minimum absolute atomic E-state index is 0.104. The van der Waals surface area contributed by atoms with Crippen LogP contribution in [-0.4, -0.2) is 18.0 Å². The Balaban J connectivity index is 1.50. The number of benzene rings is 2. The lowest BCUT2D eigenvalue weighted by Crippen LogP contribution is -2.32. The average Bonchev–Trinajstić information content (AvgIpc) is 2.60. The minimum Gasteiger partial charge on any atom is -0.321 e. The summed E-state index contributed by atoms with van der Waals surface area (Å²) >= 11 is 0. The molecule has 1 aliphatic rings. The highest BCUT2D eigenvalue weighted by Gasteiger charge is 2.17. The van der Waals surface area contributed by atoms with Crippen molar-refractivity contribution >= 4 is 5.69 Å². The summed E-state index contributed by atoms with van der Waals surface area (Å²) in [5, 5.41) is 0. The number of halogens is 1. The first kappa shape index (κ1) is 16.9. The molecule has 1 saturated heterocycles. The monoisotopic (exact) mass is 327 g/mol. The van der Waals surface area contributed by atoms with Gasteiger partial charge < -0.3 is 5.43 Å². The molecule has 0 aliphatic carbocycles. The maximum Gasteiger partial charge on any atom is 0.128 e. The average molecular weight is 327 g/mol. The first-order chi connectivity index (χ1) is 11.7. The van der Waals surface area contributed by atoms with Crippen molar-refractivity contribution in [1.82, 2.24) is 10.3 Å². The van der Waals surface area contributed by atoms with E-state index in [0.29, 0.717) is 13.1 Å². The number of nitrogens with zero attached hydrogens (tertiary/aromatic N) is 1. The van der Waals surface area contributed by atoms with Crippen LogP contribution in [0.5, 0.6) is 0 Å². The quantitative estimate of drug-likeness (QED) is 0.780. The summed E-state index contributed by atoms with van der Waals surface area (Å²) in [6.07, 6.45) is 2.43. The lowest BCUT2D eigenvalue weighted by Gasteiger charge is -2.30. The van der Waals surface area contributed by atoms with Crippen LogP contribution in [0.25, 0.3) is 0 Å². The third kappa shape index (κ3) is 4.79. The summed E-state index contributed by atoms with van der Waals surface area (Å²) in [6, 6.07) is 15.5. The molecular formula is C20H26FN3. The maximum atomic E-state index is 14.4. The van der Waals surface area contributed by atoms with Gasteiger partial charge in [0.25, 0.3) is 0 Å². The van der Waals surface area contributed by atoms with Gasteiger partial charge in [0, 0.05) is 24.3 Å². The van der Waals surface area contributed by atoms with Crippen LogP contribution >= 0.6 is 0 Å². The van der Waals surface area contributed by atoms with Crippen molar-refractivity contribution in [3.63, 3.8) is 0 Å². The van der Waals surface area contributed by atoms with Gasteiger partial charge in [-0.25, -0.2) is 9.82 Å². The fraction of sp³-hybridized carbons (Fsp3) is 0.400. The Hall–Kier alpha value is -1.91. The second-order valence-electron chi connectivity index (χ2n) is 6.73. The third-order valence-electron chi connectivity index (χ3n) is 4.69. The summed E-state index contributed by atoms with van der Waals surface area (Å²) in [7, 11) is 0. The lowest BCUT2D eigenvalue weighted by atomic mass is 9.98. The molecule has 0 atom stereocenters. The zero-order valence-electron chi connectivity index (χ0n) is 14.3. The Bertz CT molecular complexity index is 637. The normalized spacial score (nSPS) is 16.2. The van der Waals surface area contributed by atoms with Crippen molar-refractivity contribution in [3.05, 3.63) is 65.5 Å². The molecule has 0 saturated carbocycles. The molecule has 0 spiro atoms. The molecule has 3 rings (SSSR count). The summed E-state index contributed by atoms with van der Waals surface area (Å²) < 4.78 is 14.4. The summed E-state index contributed by atoms with van der Waals surface area (Å²) in [5.74, 6) is 0.698. The van der Waals surface area contributed by atoms with E-state index in [1.165, 1.54) is 12.8 Å². The van der Waals surface area contributed by atoms with Crippen LogP contribution < -0.4 is 10.9 Å². The van der Waals surface area contributed by atoms with Crippen molar-refractivity contribution in [3.8, 4) is 0 Å². The van der Waals surface area contributed by atoms with Gasteiger partial charge in [-0.3, -0.25) is 4.90 Å². The predicted molar refractivity (Wildman–Crippen MR) is 97.0 cm³/mol. The van der Waals surface area contributed by atoms with E-state index in [9.17, 15) is 4.39 Å². The van der Waals surface area contributed by atoms with E-state index >= 15 is 0 Å². The van der Waals surface area contributed by atoms with Gasteiger partial charge in [0.05, 0.1) is 0 Å². The molecular weight excluding hydrogens is 301 g/mol. The Labute approximate surface area is 143 Å². The molecule has 0 unspecified atom stereocenters.